The molecule has 0 saturated heterocycles. The van der Waals surface area contributed by atoms with Gasteiger partial charge < -0.3 is 16.2 Å². The summed E-state index contributed by atoms with van der Waals surface area (Å²) in [5, 5.41) is 12.2. The maximum absolute atomic E-state index is 10.8. The summed E-state index contributed by atoms with van der Waals surface area (Å²) in [7, 11) is 0. The molecular weight excluding hydrogens is 228 g/mol. The van der Waals surface area contributed by atoms with Crippen LogP contribution in [0.3, 0.4) is 0 Å². The van der Waals surface area contributed by atoms with Gasteiger partial charge in [0.25, 0.3) is 0 Å². The molecule has 0 amide bonds. The number of nitrogen functional groups attached to an aromatic ring is 1. The van der Waals surface area contributed by atoms with E-state index < -0.39 is 5.97 Å². The lowest BCUT2D eigenvalue weighted by Crippen LogP contribution is -2.17. The zero-order valence-electron chi connectivity index (χ0n) is 10.6. The molecule has 4 nitrogen and oxygen atoms in total. The highest BCUT2D eigenvalue weighted by molar-refractivity contribution is 5.90. The Morgan fingerprint density at radius 2 is 2.28 bits per heavy atom. The number of anilines is 2. The number of benzene rings is 1. The van der Waals surface area contributed by atoms with Gasteiger partial charge in [0.05, 0.1) is 16.9 Å². The van der Waals surface area contributed by atoms with Crippen molar-refractivity contribution in [3.8, 4) is 0 Å². The summed E-state index contributed by atoms with van der Waals surface area (Å²) < 4.78 is 0. The van der Waals surface area contributed by atoms with Crippen LogP contribution in [0, 0.1) is 11.8 Å². The number of carboxylic acid groups (broad SMARTS) is 1. The summed E-state index contributed by atoms with van der Waals surface area (Å²) in [5.41, 5.74) is 7.41. The van der Waals surface area contributed by atoms with Crippen LogP contribution in [0.1, 0.15) is 36.5 Å². The average Bonchev–Trinajstić information content (AvgIpc) is 2.73. The van der Waals surface area contributed by atoms with Gasteiger partial charge in [0.1, 0.15) is 0 Å². The SMILES string of the molecule is CC1CCCC1CNc1ccc(C(=O)O)cc1N. The fourth-order valence-electron chi connectivity index (χ4n) is 2.62. The number of rotatable bonds is 4. The first-order valence-electron chi connectivity index (χ1n) is 6.44. The van der Waals surface area contributed by atoms with Gasteiger partial charge in [-0.05, 0) is 36.5 Å². The van der Waals surface area contributed by atoms with Gasteiger partial charge in [-0.1, -0.05) is 19.8 Å². The number of carboxylic acids is 1. The van der Waals surface area contributed by atoms with Crippen LogP contribution >= 0.6 is 0 Å². The Hall–Kier alpha value is -1.71. The maximum atomic E-state index is 10.8. The van der Waals surface area contributed by atoms with Crippen molar-refractivity contribution in [2.24, 2.45) is 11.8 Å². The van der Waals surface area contributed by atoms with Gasteiger partial charge in [-0.2, -0.15) is 0 Å². The van der Waals surface area contributed by atoms with Gasteiger partial charge >= 0.3 is 5.97 Å². The smallest absolute Gasteiger partial charge is 0.335 e. The van der Waals surface area contributed by atoms with E-state index in [-0.39, 0.29) is 5.56 Å². The Morgan fingerprint density at radius 3 is 2.83 bits per heavy atom. The van der Waals surface area contributed by atoms with E-state index in [4.69, 9.17) is 10.8 Å². The predicted molar refractivity (Wildman–Crippen MR) is 72.8 cm³/mol. The van der Waals surface area contributed by atoms with E-state index in [1.807, 2.05) is 0 Å². The number of carbonyl (C=O) groups is 1. The first-order valence-corrected chi connectivity index (χ1v) is 6.44. The third-order valence-corrected chi connectivity index (χ3v) is 3.89. The summed E-state index contributed by atoms with van der Waals surface area (Å²) in [6, 6.07) is 4.83. The highest BCUT2D eigenvalue weighted by atomic mass is 16.4. The molecule has 0 aromatic heterocycles. The van der Waals surface area contributed by atoms with Crippen molar-refractivity contribution in [2.45, 2.75) is 26.2 Å². The molecule has 18 heavy (non-hydrogen) atoms. The molecule has 2 atom stereocenters. The molecule has 1 aromatic rings. The Labute approximate surface area is 107 Å². The van der Waals surface area contributed by atoms with Crippen molar-refractivity contribution in [3.05, 3.63) is 23.8 Å². The monoisotopic (exact) mass is 248 g/mol. The summed E-state index contributed by atoms with van der Waals surface area (Å²) in [6.45, 7) is 3.20. The predicted octanol–water partition coefficient (Wildman–Crippen LogP) is 2.82. The molecule has 0 radical (unpaired) electrons. The van der Waals surface area contributed by atoms with E-state index in [9.17, 15) is 4.79 Å². The molecule has 2 unspecified atom stereocenters. The molecule has 1 saturated carbocycles. The summed E-state index contributed by atoms with van der Waals surface area (Å²) in [4.78, 5) is 10.8. The maximum Gasteiger partial charge on any atom is 0.335 e. The van der Waals surface area contributed by atoms with E-state index >= 15 is 0 Å². The van der Waals surface area contributed by atoms with Crippen LogP contribution < -0.4 is 11.1 Å². The number of hydrogen-bond donors (Lipinski definition) is 3. The molecule has 4 N–H and O–H groups in total. The molecule has 0 heterocycles. The van der Waals surface area contributed by atoms with Gasteiger partial charge in [0, 0.05) is 6.54 Å². The highest BCUT2D eigenvalue weighted by Crippen LogP contribution is 2.31. The zero-order chi connectivity index (χ0) is 13.1. The van der Waals surface area contributed by atoms with E-state index in [0.29, 0.717) is 11.6 Å². The fourth-order valence-corrected chi connectivity index (χ4v) is 2.62. The van der Waals surface area contributed by atoms with Crippen LogP contribution in [-0.2, 0) is 0 Å². The lowest BCUT2D eigenvalue weighted by molar-refractivity contribution is 0.0697. The van der Waals surface area contributed by atoms with Gasteiger partial charge in [0.2, 0.25) is 0 Å². The van der Waals surface area contributed by atoms with Crippen molar-refractivity contribution in [2.75, 3.05) is 17.6 Å². The van der Waals surface area contributed by atoms with Crippen LogP contribution in [0.2, 0.25) is 0 Å². The van der Waals surface area contributed by atoms with Crippen molar-refractivity contribution in [1.82, 2.24) is 0 Å². The van der Waals surface area contributed by atoms with Gasteiger partial charge in [-0.3, -0.25) is 0 Å². The normalized spacial score (nSPS) is 22.9. The number of aromatic carboxylic acids is 1. The molecule has 1 aliphatic rings. The Kier molecular flexibility index (Phi) is 3.75. The molecule has 0 spiro atoms. The molecular formula is C14H20N2O2. The standard InChI is InChI=1S/C14H20N2O2/c1-9-3-2-4-11(9)8-16-13-6-5-10(14(17)18)7-12(13)15/h5-7,9,11,16H,2-4,8,15H2,1H3,(H,17,18). The zero-order valence-corrected chi connectivity index (χ0v) is 10.6. The van der Waals surface area contributed by atoms with Crippen molar-refractivity contribution < 1.29 is 9.90 Å². The van der Waals surface area contributed by atoms with Gasteiger partial charge in [-0.25, -0.2) is 4.79 Å². The van der Waals surface area contributed by atoms with E-state index in [1.165, 1.54) is 25.3 Å². The molecule has 1 aliphatic carbocycles. The molecule has 98 valence electrons. The first kappa shape index (κ1) is 12.7. The molecule has 2 rings (SSSR count). The Balaban J connectivity index is 1.99. The van der Waals surface area contributed by atoms with E-state index in [1.54, 1.807) is 12.1 Å². The Bertz CT molecular complexity index is 445. The largest absolute Gasteiger partial charge is 0.478 e. The third-order valence-electron chi connectivity index (χ3n) is 3.89. The first-order chi connectivity index (χ1) is 8.58. The summed E-state index contributed by atoms with van der Waals surface area (Å²) >= 11 is 0. The minimum Gasteiger partial charge on any atom is -0.478 e. The van der Waals surface area contributed by atoms with Crippen LogP contribution in [0.15, 0.2) is 18.2 Å². The summed E-state index contributed by atoms with van der Waals surface area (Å²) in [6.07, 6.45) is 3.88. The quantitative estimate of drug-likeness (QED) is 0.716. The lowest BCUT2D eigenvalue weighted by Gasteiger charge is -2.17. The molecule has 1 fully saturated rings. The van der Waals surface area contributed by atoms with Crippen molar-refractivity contribution in [3.63, 3.8) is 0 Å². The van der Waals surface area contributed by atoms with E-state index in [0.717, 1.165) is 18.2 Å². The second-order valence-corrected chi connectivity index (χ2v) is 5.16. The highest BCUT2D eigenvalue weighted by Gasteiger charge is 2.22. The lowest BCUT2D eigenvalue weighted by atomic mass is 9.98. The van der Waals surface area contributed by atoms with Crippen LogP contribution in [-0.4, -0.2) is 17.6 Å². The Morgan fingerprint density at radius 1 is 1.50 bits per heavy atom. The third kappa shape index (κ3) is 2.75. The molecule has 4 heteroatoms. The number of nitrogens with one attached hydrogen (secondary N) is 1. The molecule has 0 aliphatic heterocycles. The topological polar surface area (TPSA) is 75.3 Å². The van der Waals surface area contributed by atoms with E-state index in [2.05, 4.69) is 12.2 Å². The molecule has 0 bridgehead atoms. The van der Waals surface area contributed by atoms with Crippen LogP contribution in [0.5, 0.6) is 0 Å². The minimum atomic E-state index is -0.947. The number of nitrogens with two attached hydrogens (primary N) is 1. The van der Waals surface area contributed by atoms with Gasteiger partial charge in [0.15, 0.2) is 0 Å². The molecule has 1 aromatic carbocycles. The summed E-state index contributed by atoms with van der Waals surface area (Å²) in [5.74, 6) is 0.512. The minimum absolute atomic E-state index is 0.229. The van der Waals surface area contributed by atoms with Gasteiger partial charge in [-0.15, -0.1) is 0 Å². The second-order valence-electron chi connectivity index (χ2n) is 5.16. The number of hydrogen-bond acceptors (Lipinski definition) is 3. The van der Waals surface area contributed by atoms with Crippen molar-refractivity contribution >= 4 is 17.3 Å². The second kappa shape index (κ2) is 5.29. The van der Waals surface area contributed by atoms with Crippen molar-refractivity contribution in [1.29, 1.82) is 0 Å². The van der Waals surface area contributed by atoms with Crippen LogP contribution in [0.4, 0.5) is 11.4 Å². The van der Waals surface area contributed by atoms with Crippen LogP contribution in [0.25, 0.3) is 0 Å². The fraction of sp³-hybridized carbons (Fsp3) is 0.500. The average molecular weight is 248 g/mol.